The van der Waals surface area contributed by atoms with Gasteiger partial charge in [0.25, 0.3) is 0 Å². The second kappa shape index (κ2) is 6.48. The second-order valence-electron chi connectivity index (χ2n) is 6.20. The molecule has 2 atom stereocenters. The van der Waals surface area contributed by atoms with Gasteiger partial charge in [-0.2, -0.15) is 4.98 Å². The van der Waals surface area contributed by atoms with Crippen LogP contribution in [0.3, 0.4) is 0 Å². The lowest BCUT2D eigenvalue weighted by Gasteiger charge is -2.30. The first-order valence-corrected chi connectivity index (χ1v) is 7.81. The number of hydrogen-bond donors (Lipinski definition) is 2. The molecule has 2 N–H and O–H groups in total. The van der Waals surface area contributed by atoms with Crippen LogP contribution in [0.5, 0.6) is 0 Å². The highest BCUT2D eigenvalue weighted by molar-refractivity contribution is 5.87. The molecule has 1 aromatic rings. The highest BCUT2D eigenvalue weighted by Crippen LogP contribution is 2.38. The molecular formula is C15H23N5O2. The van der Waals surface area contributed by atoms with Crippen LogP contribution in [0.4, 0.5) is 16.6 Å². The summed E-state index contributed by atoms with van der Waals surface area (Å²) in [6.45, 7) is 0.721. The summed E-state index contributed by atoms with van der Waals surface area (Å²) in [6, 6.07) is 1.70. The van der Waals surface area contributed by atoms with Crippen molar-refractivity contribution in [2.24, 2.45) is 5.92 Å². The molecule has 0 radical (unpaired) electrons. The first-order valence-electron chi connectivity index (χ1n) is 7.81. The summed E-state index contributed by atoms with van der Waals surface area (Å²) in [6.07, 6.45) is 6.22. The van der Waals surface area contributed by atoms with Gasteiger partial charge in [-0.15, -0.1) is 0 Å². The molecule has 22 heavy (non-hydrogen) atoms. The number of hydrogen-bond acceptors (Lipinski definition) is 5. The number of amides is 2. The molecule has 1 saturated carbocycles. The molecule has 0 bridgehead atoms. The van der Waals surface area contributed by atoms with E-state index in [9.17, 15) is 4.79 Å². The smallest absolute Gasteiger partial charge is 0.321 e. The quantitative estimate of drug-likeness (QED) is 0.883. The lowest BCUT2D eigenvalue weighted by molar-refractivity contribution is -0.00890. The maximum atomic E-state index is 12.1. The SMILES string of the molecule is CN(C)c1ccnc(NC(=O)N[C@H]2CCO[C@@H](C3CC3)C2)n1. The summed E-state index contributed by atoms with van der Waals surface area (Å²) in [5.41, 5.74) is 0. The Balaban J connectivity index is 1.52. The molecular weight excluding hydrogens is 282 g/mol. The van der Waals surface area contributed by atoms with Crippen molar-refractivity contribution in [2.45, 2.75) is 37.8 Å². The van der Waals surface area contributed by atoms with Crippen LogP contribution < -0.4 is 15.5 Å². The number of nitrogens with one attached hydrogen (secondary N) is 2. The summed E-state index contributed by atoms with van der Waals surface area (Å²) < 4.78 is 5.77. The third-order valence-corrected chi connectivity index (χ3v) is 4.12. The normalized spacial score (nSPS) is 24.6. The lowest BCUT2D eigenvalue weighted by atomic mass is 10.0. The number of urea groups is 1. The standard InChI is InChI=1S/C15H23N5O2/c1-20(2)13-5-7-16-14(18-13)19-15(21)17-11-6-8-22-12(9-11)10-3-4-10/h5,7,10-12H,3-4,6,8-9H2,1-2H3,(H2,16,17,18,19,21)/t11-,12+/m0/s1. The summed E-state index contributed by atoms with van der Waals surface area (Å²) >= 11 is 0. The van der Waals surface area contributed by atoms with Crippen molar-refractivity contribution in [1.29, 1.82) is 0 Å². The number of ether oxygens (including phenoxy) is 1. The van der Waals surface area contributed by atoms with E-state index in [4.69, 9.17) is 4.74 Å². The number of nitrogens with zero attached hydrogens (tertiary/aromatic N) is 3. The van der Waals surface area contributed by atoms with E-state index in [0.717, 1.165) is 25.3 Å². The molecule has 7 nitrogen and oxygen atoms in total. The van der Waals surface area contributed by atoms with Gasteiger partial charge in [0, 0.05) is 32.9 Å². The molecule has 1 aliphatic heterocycles. The highest BCUT2D eigenvalue weighted by atomic mass is 16.5. The molecule has 2 heterocycles. The van der Waals surface area contributed by atoms with E-state index in [2.05, 4.69) is 20.6 Å². The van der Waals surface area contributed by atoms with Gasteiger partial charge >= 0.3 is 6.03 Å². The van der Waals surface area contributed by atoms with Gasteiger partial charge in [0.1, 0.15) is 5.82 Å². The molecule has 2 aliphatic rings. The molecule has 2 fully saturated rings. The monoisotopic (exact) mass is 305 g/mol. The van der Waals surface area contributed by atoms with Gasteiger partial charge in [-0.25, -0.2) is 9.78 Å². The second-order valence-corrected chi connectivity index (χ2v) is 6.20. The summed E-state index contributed by atoms with van der Waals surface area (Å²) in [5.74, 6) is 1.77. The number of carbonyl (C=O) groups excluding carboxylic acids is 1. The molecule has 7 heteroatoms. The Morgan fingerprint density at radius 3 is 2.91 bits per heavy atom. The Kier molecular flexibility index (Phi) is 4.42. The Hall–Kier alpha value is -1.89. The molecule has 0 spiro atoms. The van der Waals surface area contributed by atoms with Crippen LogP contribution in [0.1, 0.15) is 25.7 Å². The Morgan fingerprint density at radius 2 is 2.18 bits per heavy atom. The summed E-state index contributed by atoms with van der Waals surface area (Å²) in [5, 5.41) is 5.71. The Morgan fingerprint density at radius 1 is 1.36 bits per heavy atom. The summed E-state index contributed by atoms with van der Waals surface area (Å²) in [7, 11) is 3.79. The number of rotatable bonds is 4. The fourth-order valence-electron chi connectivity index (χ4n) is 2.74. The van der Waals surface area contributed by atoms with Crippen LogP contribution in [0, 0.1) is 5.92 Å². The number of aromatic nitrogens is 2. The van der Waals surface area contributed by atoms with Crippen molar-refractivity contribution in [1.82, 2.24) is 15.3 Å². The minimum absolute atomic E-state index is 0.163. The van der Waals surface area contributed by atoms with Crippen molar-refractivity contribution >= 4 is 17.8 Å². The van der Waals surface area contributed by atoms with E-state index in [1.807, 2.05) is 19.0 Å². The molecule has 1 aromatic heterocycles. The Bertz CT molecular complexity index is 532. The fraction of sp³-hybridized carbons (Fsp3) is 0.667. The number of carbonyl (C=O) groups is 1. The van der Waals surface area contributed by atoms with Crippen molar-refractivity contribution in [2.75, 3.05) is 30.9 Å². The molecule has 1 saturated heterocycles. The largest absolute Gasteiger partial charge is 0.378 e. The van der Waals surface area contributed by atoms with Crippen LogP contribution in [-0.4, -0.2) is 48.8 Å². The van der Waals surface area contributed by atoms with Gasteiger partial charge in [0.2, 0.25) is 5.95 Å². The van der Waals surface area contributed by atoms with Crippen LogP contribution in [0.25, 0.3) is 0 Å². The van der Waals surface area contributed by atoms with Gasteiger partial charge in [-0.3, -0.25) is 5.32 Å². The van der Waals surface area contributed by atoms with E-state index in [1.165, 1.54) is 12.8 Å². The third-order valence-electron chi connectivity index (χ3n) is 4.12. The third kappa shape index (κ3) is 3.85. The predicted octanol–water partition coefficient (Wildman–Crippen LogP) is 1.62. The zero-order valence-corrected chi connectivity index (χ0v) is 13.1. The van der Waals surface area contributed by atoms with E-state index >= 15 is 0 Å². The minimum Gasteiger partial charge on any atom is -0.378 e. The first kappa shape index (κ1) is 15.0. The lowest BCUT2D eigenvalue weighted by Crippen LogP contribution is -2.44. The van der Waals surface area contributed by atoms with Crippen molar-refractivity contribution in [3.8, 4) is 0 Å². The minimum atomic E-state index is -0.252. The van der Waals surface area contributed by atoms with E-state index in [1.54, 1.807) is 12.3 Å². The van der Waals surface area contributed by atoms with E-state index in [-0.39, 0.29) is 12.1 Å². The molecule has 0 aromatic carbocycles. The average molecular weight is 305 g/mol. The molecule has 1 aliphatic carbocycles. The van der Waals surface area contributed by atoms with Crippen molar-refractivity contribution in [3.63, 3.8) is 0 Å². The summed E-state index contributed by atoms with van der Waals surface area (Å²) in [4.78, 5) is 22.3. The van der Waals surface area contributed by atoms with Crippen molar-refractivity contribution < 1.29 is 9.53 Å². The average Bonchev–Trinajstić information content (AvgIpc) is 3.32. The van der Waals surface area contributed by atoms with Gasteiger partial charge in [0.15, 0.2) is 0 Å². The van der Waals surface area contributed by atoms with Crippen LogP contribution in [0.15, 0.2) is 12.3 Å². The van der Waals surface area contributed by atoms with Gasteiger partial charge in [-0.05, 0) is 37.7 Å². The maximum absolute atomic E-state index is 12.1. The van der Waals surface area contributed by atoms with Crippen molar-refractivity contribution in [3.05, 3.63) is 12.3 Å². The maximum Gasteiger partial charge on any atom is 0.321 e. The first-order chi connectivity index (χ1) is 10.6. The molecule has 3 rings (SSSR count). The number of anilines is 2. The van der Waals surface area contributed by atoms with E-state index < -0.39 is 0 Å². The van der Waals surface area contributed by atoms with E-state index in [0.29, 0.717) is 18.0 Å². The zero-order valence-electron chi connectivity index (χ0n) is 13.1. The highest BCUT2D eigenvalue weighted by Gasteiger charge is 2.36. The molecule has 120 valence electrons. The van der Waals surface area contributed by atoms with Gasteiger partial charge in [-0.1, -0.05) is 0 Å². The molecule has 2 amide bonds. The fourth-order valence-corrected chi connectivity index (χ4v) is 2.74. The topological polar surface area (TPSA) is 79.4 Å². The van der Waals surface area contributed by atoms with Gasteiger partial charge < -0.3 is 15.0 Å². The van der Waals surface area contributed by atoms with Crippen LogP contribution >= 0.6 is 0 Å². The van der Waals surface area contributed by atoms with Crippen LogP contribution in [0.2, 0.25) is 0 Å². The molecule has 0 unspecified atom stereocenters. The Labute approximate surface area is 130 Å². The van der Waals surface area contributed by atoms with Gasteiger partial charge in [0.05, 0.1) is 6.10 Å². The predicted molar refractivity (Wildman–Crippen MR) is 84.0 cm³/mol. The zero-order chi connectivity index (χ0) is 15.5. The van der Waals surface area contributed by atoms with Crippen LogP contribution in [-0.2, 0) is 4.74 Å².